The first-order chi connectivity index (χ1) is 9.77. The topological polar surface area (TPSA) is 68.0 Å². The van der Waals surface area contributed by atoms with Gasteiger partial charge in [0, 0.05) is 17.2 Å². The third kappa shape index (κ3) is 3.65. The first-order valence-corrected chi connectivity index (χ1v) is 6.72. The highest BCUT2D eigenvalue weighted by Crippen LogP contribution is 2.25. The lowest BCUT2D eigenvalue weighted by molar-refractivity contribution is 0.0943. The third-order valence-electron chi connectivity index (χ3n) is 2.76. The zero-order valence-electron chi connectivity index (χ0n) is 12.5. The van der Waals surface area contributed by atoms with Crippen molar-refractivity contribution in [2.45, 2.75) is 39.4 Å². The normalized spacial score (nSPS) is 11.7. The van der Waals surface area contributed by atoms with Crippen LogP contribution in [0, 0.1) is 0 Å². The molecule has 6 heteroatoms. The highest BCUT2D eigenvalue weighted by molar-refractivity contribution is 5.94. The molecule has 2 aromatic rings. The van der Waals surface area contributed by atoms with E-state index in [1.807, 2.05) is 13.8 Å². The summed E-state index contributed by atoms with van der Waals surface area (Å²) in [6.07, 6.45) is 0. The Morgan fingerprint density at radius 2 is 1.90 bits per heavy atom. The fourth-order valence-corrected chi connectivity index (χ4v) is 1.70. The van der Waals surface area contributed by atoms with Crippen molar-refractivity contribution in [2.24, 2.45) is 0 Å². The Kier molecular flexibility index (Phi) is 4.06. The predicted molar refractivity (Wildman–Crippen MR) is 76.5 cm³/mol. The van der Waals surface area contributed by atoms with Crippen LogP contribution < -0.4 is 5.32 Å². The van der Waals surface area contributed by atoms with Gasteiger partial charge in [-0.05, 0) is 39.8 Å². The number of benzene rings is 1. The minimum absolute atomic E-state index is 0.0703. The second-order valence-corrected chi connectivity index (χ2v) is 5.60. The zero-order valence-corrected chi connectivity index (χ0v) is 12.5. The molecule has 0 unspecified atom stereocenters. The minimum Gasteiger partial charge on any atom is -0.350 e. The van der Waals surface area contributed by atoms with E-state index in [2.05, 4.69) is 15.5 Å². The number of amides is 1. The maximum atomic E-state index is 13.7. The molecule has 0 saturated heterocycles. The number of carbonyl (C=O) groups is 1. The van der Waals surface area contributed by atoms with Crippen LogP contribution in [0.1, 0.15) is 43.9 Å². The number of carbonyl (C=O) groups excluding carboxylic acids is 1. The summed E-state index contributed by atoms with van der Waals surface area (Å²) in [5, 5.41) is 6.55. The predicted octanol–water partition coefficient (Wildman–Crippen LogP) is 3.08. The van der Waals surface area contributed by atoms with Gasteiger partial charge in [-0.1, -0.05) is 17.3 Å². The molecule has 0 aliphatic heterocycles. The molecule has 0 atom stereocenters. The van der Waals surface area contributed by atoms with Crippen LogP contribution in [-0.2, 0) is 5.67 Å². The maximum absolute atomic E-state index is 13.7. The first kappa shape index (κ1) is 15.2. The average Bonchev–Trinajstić information content (AvgIpc) is 2.87. The van der Waals surface area contributed by atoms with E-state index in [1.165, 1.54) is 13.8 Å². The molecule has 2 rings (SSSR count). The summed E-state index contributed by atoms with van der Waals surface area (Å²) in [6, 6.07) is 6.82. The first-order valence-electron chi connectivity index (χ1n) is 6.72. The molecule has 5 nitrogen and oxygen atoms in total. The third-order valence-corrected chi connectivity index (χ3v) is 2.76. The van der Waals surface area contributed by atoms with Crippen molar-refractivity contribution in [3.8, 4) is 11.4 Å². The van der Waals surface area contributed by atoms with Gasteiger partial charge in [-0.3, -0.25) is 4.79 Å². The Labute approximate surface area is 122 Å². The van der Waals surface area contributed by atoms with E-state index >= 15 is 0 Å². The Morgan fingerprint density at radius 1 is 1.29 bits per heavy atom. The number of aromatic nitrogens is 2. The van der Waals surface area contributed by atoms with Crippen molar-refractivity contribution in [1.29, 1.82) is 0 Å². The molecule has 0 saturated carbocycles. The van der Waals surface area contributed by atoms with E-state index in [-0.39, 0.29) is 17.8 Å². The number of hydrogen-bond acceptors (Lipinski definition) is 4. The molecule has 1 heterocycles. The van der Waals surface area contributed by atoms with Crippen LogP contribution in [-0.4, -0.2) is 22.1 Å². The summed E-state index contributed by atoms with van der Waals surface area (Å²) in [5.74, 6) is 0.0842. The van der Waals surface area contributed by atoms with Gasteiger partial charge < -0.3 is 9.84 Å². The summed E-state index contributed by atoms with van der Waals surface area (Å²) >= 11 is 0. The number of nitrogens with one attached hydrogen (secondary N) is 1. The average molecular weight is 291 g/mol. The van der Waals surface area contributed by atoms with Gasteiger partial charge in [0.15, 0.2) is 5.67 Å². The highest BCUT2D eigenvalue weighted by atomic mass is 19.1. The van der Waals surface area contributed by atoms with Gasteiger partial charge in [-0.25, -0.2) is 4.39 Å². The smallest absolute Gasteiger partial charge is 0.264 e. The van der Waals surface area contributed by atoms with E-state index in [0.717, 1.165) is 0 Å². The van der Waals surface area contributed by atoms with Crippen molar-refractivity contribution in [1.82, 2.24) is 15.5 Å². The fraction of sp³-hybridized carbons (Fsp3) is 0.400. The number of rotatable bonds is 4. The lowest BCUT2D eigenvalue weighted by atomic mass is 10.1. The van der Waals surface area contributed by atoms with Crippen LogP contribution in [0.4, 0.5) is 4.39 Å². The van der Waals surface area contributed by atoms with Gasteiger partial charge >= 0.3 is 0 Å². The molecule has 1 aromatic carbocycles. The standard InChI is InChI=1S/C15H18FN3O2/c1-9(2)17-13(20)11-7-5-10(6-8-11)12-18-14(21-19-12)15(3,4)16/h5-9H,1-4H3,(H,17,20). The largest absolute Gasteiger partial charge is 0.350 e. The molecule has 21 heavy (non-hydrogen) atoms. The van der Waals surface area contributed by atoms with Crippen LogP contribution in [0.5, 0.6) is 0 Å². The Bertz CT molecular complexity index is 627. The molecule has 0 aliphatic carbocycles. The summed E-state index contributed by atoms with van der Waals surface area (Å²) in [6.45, 7) is 6.49. The van der Waals surface area contributed by atoms with Gasteiger partial charge in [0.1, 0.15) is 0 Å². The number of nitrogens with zero attached hydrogens (tertiary/aromatic N) is 2. The molecule has 1 aromatic heterocycles. The van der Waals surface area contributed by atoms with Gasteiger partial charge in [0.25, 0.3) is 11.8 Å². The van der Waals surface area contributed by atoms with Crippen LogP contribution >= 0.6 is 0 Å². The van der Waals surface area contributed by atoms with Crippen molar-refractivity contribution in [3.63, 3.8) is 0 Å². The van der Waals surface area contributed by atoms with Gasteiger partial charge in [0.05, 0.1) is 0 Å². The molecule has 0 fully saturated rings. The molecule has 112 valence electrons. The summed E-state index contributed by atoms with van der Waals surface area (Å²) in [5.41, 5.74) is -0.472. The minimum atomic E-state index is -1.68. The zero-order chi connectivity index (χ0) is 15.6. The van der Waals surface area contributed by atoms with Crippen LogP contribution in [0.3, 0.4) is 0 Å². The monoisotopic (exact) mass is 291 g/mol. The molecule has 1 amide bonds. The van der Waals surface area contributed by atoms with Crippen LogP contribution in [0.25, 0.3) is 11.4 Å². The summed E-state index contributed by atoms with van der Waals surface area (Å²) in [4.78, 5) is 15.8. The van der Waals surface area contributed by atoms with E-state index in [0.29, 0.717) is 17.0 Å². The summed E-state index contributed by atoms with van der Waals surface area (Å²) in [7, 11) is 0. The van der Waals surface area contributed by atoms with E-state index in [4.69, 9.17) is 4.52 Å². The molecule has 0 bridgehead atoms. The van der Waals surface area contributed by atoms with Crippen molar-refractivity contribution >= 4 is 5.91 Å². The molecule has 0 spiro atoms. The fourth-order valence-electron chi connectivity index (χ4n) is 1.70. The second-order valence-electron chi connectivity index (χ2n) is 5.60. The SMILES string of the molecule is CC(C)NC(=O)c1ccc(-c2noc(C(C)(C)F)n2)cc1. The van der Waals surface area contributed by atoms with Crippen molar-refractivity contribution in [2.75, 3.05) is 0 Å². The van der Waals surface area contributed by atoms with Crippen LogP contribution in [0.2, 0.25) is 0 Å². The number of hydrogen-bond donors (Lipinski definition) is 1. The summed E-state index contributed by atoms with van der Waals surface area (Å²) < 4.78 is 18.6. The highest BCUT2D eigenvalue weighted by Gasteiger charge is 2.27. The number of alkyl halides is 1. The van der Waals surface area contributed by atoms with Crippen molar-refractivity contribution in [3.05, 3.63) is 35.7 Å². The van der Waals surface area contributed by atoms with Gasteiger partial charge in [-0.2, -0.15) is 4.98 Å². The molecular formula is C15H18FN3O2. The Balaban J connectivity index is 2.19. The molecule has 1 N–H and O–H groups in total. The Hall–Kier alpha value is -2.24. The van der Waals surface area contributed by atoms with Crippen LogP contribution in [0.15, 0.2) is 28.8 Å². The lowest BCUT2D eigenvalue weighted by Gasteiger charge is -2.08. The molecule has 0 aliphatic rings. The molecule has 0 radical (unpaired) electrons. The quantitative estimate of drug-likeness (QED) is 0.940. The maximum Gasteiger partial charge on any atom is 0.264 e. The number of halogens is 1. The molecular weight excluding hydrogens is 273 g/mol. The van der Waals surface area contributed by atoms with Crippen molar-refractivity contribution < 1.29 is 13.7 Å². The second kappa shape index (κ2) is 5.63. The van der Waals surface area contributed by atoms with E-state index in [1.54, 1.807) is 24.3 Å². The van der Waals surface area contributed by atoms with Gasteiger partial charge in [-0.15, -0.1) is 0 Å². The lowest BCUT2D eigenvalue weighted by Crippen LogP contribution is -2.29. The van der Waals surface area contributed by atoms with Gasteiger partial charge in [0.2, 0.25) is 5.82 Å². The Morgan fingerprint density at radius 3 is 2.38 bits per heavy atom. The van der Waals surface area contributed by atoms with E-state index in [9.17, 15) is 9.18 Å². The van der Waals surface area contributed by atoms with E-state index < -0.39 is 5.67 Å².